The second-order valence-corrected chi connectivity index (χ2v) is 5.56. The van der Waals surface area contributed by atoms with Crippen LogP contribution in [-0.4, -0.2) is 24.0 Å². The van der Waals surface area contributed by atoms with E-state index in [1.807, 2.05) is 18.2 Å². The number of carbonyl (C=O) groups is 1. The van der Waals surface area contributed by atoms with Gasteiger partial charge in [-0.15, -0.1) is 0 Å². The maximum Gasteiger partial charge on any atom is 0.254 e. The van der Waals surface area contributed by atoms with Crippen LogP contribution in [0, 0.1) is 0 Å². The number of nitrogens with zero attached hydrogens (tertiary/aromatic N) is 1. The summed E-state index contributed by atoms with van der Waals surface area (Å²) < 4.78 is 0. The Labute approximate surface area is 139 Å². The monoisotopic (exact) mass is 337 g/mol. The molecule has 0 aliphatic rings. The molecular weight excluding hydrogens is 321 g/mol. The maximum absolute atomic E-state index is 12.0. The summed E-state index contributed by atoms with van der Waals surface area (Å²) in [5, 5.41) is 6.51. The van der Waals surface area contributed by atoms with Gasteiger partial charge in [-0.2, -0.15) is 0 Å². The topological polar surface area (TPSA) is 54.0 Å². The number of halogens is 2. The highest BCUT2D eigenvalue weighted by molar-refractivity contribution is 6.34. The van der Waals surface area contributed by atoms with Crippen molar-refractivity contribution in [1.82, 2.24) is 15.6 Å². The molecule has 0 radical (unpaired) electrons. The number of hydrogen-bond donors (Lipinski definition) is 2. The van der Waals surface area contributed by atoms with Crippen LogP contribution in [0.4, 0.5) is 0 Å². The highest BCUT2D eigenvalue weighted by Crippen LogP contribution is 2.16. The predicted molar refractivity (Wildman–Crippen MR) is 89.4 cm³/mol. The van der Waals surface area contributed by atoms with E-state index in [1.54, 1.807) is 6.07 Å². The van der Waals surface area contributed by atoms with Gasteiger partial charge in [0.25, 0.3) is 5.91 Å². The average Bonchev–Trinajstić information content (AvgIpc) is 2.52. The van der Waals surface area contributed by atoms with Crippen molar-refractivity contribution in [3.8, 4) is 0 Å². The first-order chi connectivity index (χ1) is 10.6. The fraction of sp³-hybridized carbons (Fsp3) is 0.250. The van der Waals surface area contributed by atoms with Gasteiger partial charge in [-0.3, -0.25) is 4.79 Å². The molecule has 1 aromatic heterocycles. The van der Waals surface area contributed by atoms with E-state index in [2.05, 4.69) is 34.7 Å². The van der Waals surface area contributed by atoms with Gasteiger partial charge in [0.05, 0.1) is 5.56 Å². The van der Waals surface area contributed by atoms with E-state index in [0.717, 1.165) is 0 Å². The molecule has 22 heavy (non-hydrogen) atoms. The Kier molecular flexibility index (Phi) is 6.19. The zero-order valence-electron chi connectivity index (χ0n) is 12.1. The molecule has 1 aromatic carbocycles. The van der Waals surface area contributed by atoms with Gasteiger partial charge in [0.2, 0.25) is 0 Å². The van der Waals surface area contributed by atoms with Crippen molar-refractivity contribution in [1.29, 1.82) is 0 Å². The summed E-state index contributed by atoms with van der Waals surface area (Å²) in [6.45, 7) is 3.23. The molecule has 0 spiro atoms. The van der Waals surface area contributed by atoms with Gasteiger partial charge in [0.15, 0.2) is 0 Å². The molecule has 4 nitrogen and oxygen atoms in total. The third kappa shape index (κ3) is 4.70. The number of amides is 1. The van der Waals surface area contributed by atoms with Crippen LogP contribution in [0.3, 0.4) is 0 Å². The molecule has 0 bridgehead atoms. The van der Waals surface area contributed by atoms with Gasteiger partial charge in [0, 0.05) is 19.1 Å². The SMILES string of the molecule is C[C@H](NCCNC(=O)c1ccc(Cl)nc1Cl)c1ccccc1. The standard InChI is InChI=1S/C16H17Cl2N3O/c1-11(12-5-3-2-4-6-12)19-9-10-20-16(22)13-7-8-14(17)21-15(13)18/h2-8,11,19H,9-10H2,1H3,(H,20,22)/t11-/m0/s1. The average molecular weight is 338 g/mol. The molecule has 0 fully saturated rings. The van der Waals surface area contributed by atoms with Crippen molar-refractivity contribution in [2.24, 2.45) is 0 Å². The van der Waals surface area contributed by atoms with Crippen molar-refractivity contribution in [2.45, 2.75) is 13.0 Å². The summed E-state index contributed by atoms with van der Waals surface area (Å²) in [7, 11) is 0. The summed E-state index contributed by atoms with van der Waals surface area (Å²) in [5.74, 6) is -0.261. The molecule has 1 heterocycles. The van der Waals surface area contributed by atoms with Crippen LogP contribution >= 0.6 is 23.2 Å². The smallest absolute Gasteiger partial charge is 0.254 e. The summed E-state index contributed by atoms with van der Waals surface area (Å²) in [5.41, 5.74) is 1.53. The van der Waals surface area contributed by atoms with E-state index in [0.29, 0.717) is 18.7 Å². The Morgan fingerprint density at radius 2 is 1.86 bits per heavy atom. The lowest BCUT2D eigenvalue weighted by atomic mass is 10.1. The molecule has 1 atom stereocenters. The van der Waals surface area contributed by atoms with E-state index in [4.69, 9.17) is 23.2 Å². The number of rotatable bonds is 6. The zero-order valence-corrected chi connectivity index (χ0v) is 13.7. The van der Waals surface area contributed by atoms with Crippen molar-refractivity contribution >= 4 is 29.1 Å². The van der Waals surface area contributed by atoms with Crippen molar-refractivity contribution < 1.29 is 4.79 Å². The highest BCUT2D eigenvalue weighted by Gasteiger charge is 2.11. The number of benzene rings is 1. The Bertz CT molecular complexity index is 635. The molecule has 0 aliphatic carbocycles. The molecule has 0 unspecified atom stereocenters. The van der Waals surface area contributed by atoms with Gasteiger partial charge in [0.1, 0.15) is 10.3 Å². The van der Waals surface area contributed by atoms with Crippen LogP contribution in [-0.2, 0) is 0 Å². The van der Waals surface area contributed by atoms with Gasteiger partial charge in [-0.25, -0.2) is 4.98 Å². The van der Waals surface area contributed by atoms with E-state index in [1.165, 1.54) is 11.6 Å². The van der Waals surface area contributed by atoms with Crippen LogP contribution < -0.4 is 10.6 Å². The fourth-order valence-electron chi connectivity index (χ4n) is 2.00. The Balaban J connectivity index is 1.78. The largest absolute Gasteiger partial charge is 0.351 e. The Hall–Kier alpha value is -1.62. The van der Waals surface area contributed by atoms with Crippen molar-refractivity contribution in [3.05, 3.63) is 63.9 Å². The molecule has 2 N–H and O–H groups in total. The number of nitrogens with one attached hydrogen (secondary N) is 2. The number of pyridine rings is 1. The summed E-state index contributed by atoms with van der Waals surface area (Å²) >= 11 is 11.6. The predicted octanol–water partition coefficient (Wildman–Crippen LogP) is 3.47. The van der Waals surface area contributed by atoms with Crippen molar-refractivity contribution in [2.75, 3.05) is 13.1 Å². The lowest BCUT2D eigenvalue weighted by molar-refractivity contribution is 0.0953. The fourth-order valence-corrected chi connectivity index (χ4v) is 2.43. The maximum atomic E-state index is 12.0. The molecule has 2 rings (SSSR count). The molecule has 6 heteroatoms. The third-order valence-electron chi connectivity index (χ3n) is 3.22. The van der Waals surface area contributed by atoms with E-state index >= 15 is 0 Å². The van der Waals surface area contributed by atoms with Gasteiger partial charge < -0.3 is 10.6 Å². The van der Waals surface area contributed by atoms with Crippen LogP contribution in [0.25, 0.3) is 0 Å². The van der Waals surface area contributed by atoms with Crippen LogP contribution in [0.5, 0.6) is 0 Å². The van der Waals surface area contributed by atoms with Crippen molar-refractivity contribution in [3.63, 3.8) is 0 Å². The molecule has 0 saturated carbocycles. The summed E-state index contributed by atoms with van der Waals surface area (Å²) in [6.07, 6.45) is 0. The first-order valence-corrected chi connectivity index (χ1v) is 7.72. The summed E-state index contributed by atoms with van der Waals surface area (Å²) in [4.78, 5) is 15.8. The third-order valence-corrected chi connectivity index (χ3v) is 3.72. The molecule has 0 aliphatic heterocycles. The molecular formula is C16H17Cl2N3O. The minimum absolute atomic E-state index is 0.107. The van der Waals surface area contributed by atoms with E-state index in [-0.39, 0.29) is 22.3 Å². The normalized spacial score (nSPS) is 12.0. The number of aromatic nitrogens is 1. The minimum Gasteiger partial charge on any atom is -0.351 e. The summed E-state index contributed by atoms with van der Waals surface area (Å²) in [6, 6.07) is 13.4. The first kappa shape index (κ1) is 16.7. The number of carbonyl (C=O) groups excluding carboxylic acids is 1. The first-order valence-electron chi connectivity index (χ1n) is 6.96. The lowest BCUT2D eigenvalue weighted by Crippen LogP contribution is -2.33. The Morgan fingerprint density at radius 1 is 1.14 bits per heavy atom. The molecule has 116 valence electrons. The highest BCUT2D eigenvalue weighted by atomic mass is 35.5. The van der Waals surface area contributed by atoms with Crippen LogP contribution in [0.15, 0.2) is 42.5 Å². The van der Waals surface area contributed by atoms with E-state index in [9.17, 15) is 4.79 Å². The minimum atomic E-state index is -0.261. The van der Waals surface area contributed by atoms with Crippen LogP contribution in [0.1, 0.15) is 28.9 Å². The molecule has 1 amide bonds. The zero-order chi connectivity index (χ0) is 15.9. The van der Waals surface area contributed by atoms with Gasteiger partial charge >= 0.3 is 0 Å². The second-order valence-electron chi connectivity index (χ2n) is 4.81. The van der Waals surface area contributed by atoms with Gasteiger partial charge in [-0.05, 0) is 24.6 Å². The number of hydrogen-bond acceptors (Lipinski definition) is 3. The lowest BCUT2D eigenvalue weighted by Gasteiger charge is -2.14. The molecule has 2 aromatic rings. The van der Waals surface area contributed by atoms with E-state index < -0.39 is 0 Å². The van der Waals surface area contributed by atoms with Gasteiger partial charge in [-0.1, -0.05) is 53.5 Å². The molecule has 0 saturated heterocycles. The quantitative estimate of drug-likeness (QED) is 0.626. The van der Waals surface area contributed by atoms with Crippen LogP contribution in [0.2, 0.25) is 10.3 Å². The second kappa shape index (κ2) is 8.13. The Morgan fingerprint density at radius 3 is 2.55 bits per heavy atom.